The molecule has 0 saturated carbocycles. The summed E-state index contributed by atoms with van der Waals surface area (Å²) in [5.74, 6) is -1.85. The second-order valence-corrected chi connectivity index (χ2v) is 6.16. The Bertz CT molecular complexity index is 468. The van der Waals surface area contributed by atoms with Gasteiger partial charge in [0.15, 0.2) is 5.78 Å². The van der Waals surface area contributed by atoms with Crippen LogP contribution in [0.1, 0.15) is 6.92 Å². The van der Waals surface area contributed by atoms with Gasteiger partial charge in [-0.2, -0.15) is 8.42 Å². The number of carbonyl (C=O) groups is 2. The number of halogens is 1. The molecule has 0 aromatic carbocycles. The Hall–Kier alpha value is -0.660. The molecule has 0 bridgehead atoms. The van der Waals surface area contributed by atoms with E-state index in [-0.39, 0.29) is 3.82 Å². The molecule has 0 spiro atoms. The lowest BCUT2D eigenvalue weighted by Crippen LogP contribution is -2.45. The molecule has 0 aliphatic heterocycles. The molecule has 124 valence electrons. The average Bonchev–Trinajstić information content (AvgIpc) is 2.41. The molecule has 0 aliphatic carbocycles. The van der Waals surface area contributed by atoms with Crippen LogP contribution in [0.3, 0.4) is 0 Å². The van der Waals surface area contributed by atoms with Gasteiger partial charge in [0.25, 0.3) is 0 Å². The lowest BCUT2D eigenvalue weighted by molar-refractivity contribution is -0.142. The highest BCUT2D eigenvalue weighted by Crippen LogP contribution is 2.08. The summed E-state index contributed by atoms with van der Waals surface area (Å²) in [6.45, 7) is -1.71. The van der Waals surface area contributed by atoms with Crippen molar-refractivity contribution in [3.8, 4) is 0 Å². The summed E-state index contributed by atoms with van der Waals surface area (Å²) in [5.41, 5.74) is 0. The van der Waals surface area contributed by atoms with E-state index < -0.39 is 59.9 Å². The number of aliphatic hydroxyl groups is 4. The number of hydrogen-bond donors (Lipinski definition) is 4. The maximum atomic E-state index is 11.4. The third-order valence-corrected chi connectivity index (χ3v) is 3.83. The van der Waals surface area contributed by atoms with E-state index >= 15 is 0 Å². The molecule has 0 radical (unpaired) electrons. The van der Waals surface area contributed by atoms with E-state index in [1.807, 2.05) is 0 Å². The van der Waals surface area contributed by atoms with E-state index in [0.29, 0.717) is 0 Å². The van der Waals surface area contributed by atoms with Gasteiger partial charge < -0.3 is 20.4 Å². The van der Waals surface area contributed by atoms with Crippen molar-refractivity contribution in [3.05, 3.63) is 0 Å². The van der Waals surface area contributed by atoms with E-state index in [1.54, 1.807) is 0 Å². The number of hydrogen-bond acceptors (Lipinski definition) is 9. The average molecular weight is 350 g/mol. The zero-order valence-electron chi connectivity index (χ0n) is 10.9. The minimum absolute atomic E-state index is 0.0357. The van der Waals surface area contributed by atoms with Gasteiger partial charge in [0, 0.05) is 0 Å². The lowest BCUT2D eigenvalue weighted by atomic mass is 10.1. The maximum Gasteiger partial charge on any atom is 0.352 e. The third-order valence-electron chi connectivity index (χ3n) is 2.17. The first kappa shape index (κ1) is 20.3. The number of carbonyl (C=O) groups excluding carboxylic acids is 2. The van der Waals surface area contributed by atoms with E-state index in [1.165, 1.54) is 0 Å². The molecule has 12 heteroatoms. The fourth-order valence-corrected chi connectivity index (χ4v) is 2.05. The standard InChI is InChI=1S/C9H16ClNO9S/c1-5(13)2-11(10)21(18,19)20-4-7(15)9(17)8(16)6(14)3-12/h6,8-9,12,14,16-17H,2-4H2,1H3/t6-,8-,9-/m1/s1. The summed E-state index contributed by atoms with van der Waals surface area (Å²) in [6, 6.07) is 0. The van der Waals surface area contributed by atoms with Gasteiger partial charge in [0.1, 0.15) is 30.7 Å². The van der Waals surface area contributed by atoms with Crippen LogP contribution in [0, 0.1) is 0 Å². The Morgan fingerprint density at radius 1 is 1.29 bits per heavy atom. The fraction of sp³-hybridized carbons (Fsp3) is 0.778. The topological polar surface area (TPSA) is 162 Å². The molecule has 4 N–H and O–H groups in total. The molecular weight excluding hydrogens is 334 g/mol. The summed E-state index contributed by atoms with van der Waals surface area (Å²) < 4.78 is 27.0. The molecular formula is C9H16ClNO9S. The van der Waals surface area contributed by atoms with Gasteiger partial charge >= 0.3 is 10.3 Å². The van der Waals surface area contributed by atoms with Crippen molar-refractivity contribution in [2.75, 3.05) is 19.8 Å². The van der Waals surface area contributed by atoms with Crippen LogP contribution in [-0.2, 0) is 24.1 Å². The minimum atomic E-state index is -4.58. The third kappa shape index (κ3) is 6.76. The Morgan fingerprint density at radius 2 is 1.81 bits per heavy atom. The lowest BCUT2D eigenvalue weighted by Gasteiger charge is -2.20. The molecule has 3 atom stereocenters. The monoisotopic (exact) mass is 349 g/mol. The van der Waals surface area contributed by atoms with Crippen LogP contribution in [0.4, 0.5) is 0 Å². The molecule has 0 aromatic heterocycles. The van der Waals surface area contributed by atoms with E-state index in [9.17, 15) is 28.2 Å². The Morgan fingerprint density at radius 3 is 2.24 bits per heavy atom. The van der Waals surface area contributed by atoms with Gasteiger partial charge in [-0.25, -0.2) is 4.18 Å². The summed E-state index contributed by atoms with van der Waals surface area (Å²) >= 11 is 5.27. The van der Waals surface area contributed by atoms with E-state index in [2.05, 4.69) is 4.18 Å². The van der Waals surface area contributed by atoms with Gasteiger partial charge in [-0.05, 0) is 18.7 Å². The van der Waals surface area contributed by atoms with Crippen LogP contribution in [0.5, 0.6) is 0 Å². The number of rotatable bonds is 10. The molecule has 10 nitrogen and oxygen atoms in total. The first-order valence-electron chi connectivity index (χ1n) is 5.53. The summed E-state index contributed by atoms with van der Waals surface area (Å²) in [6.07, 6.45) is -5.97. The fourth-order valence-electron chi connectivity index (χ4n) is 1.04. The van der Waals surface area contributed by atoms with Crippen molar-refractivity contribution >= 4 is 33.6 Å². The SMILES string of the molecule is CC(=O)CN(Cl)S(=O)(=O)OCC(=O)[C@@H](O)[C@H](O)[C@H](O)CO. The van der Waals surface area contributed by atoms with Crippen LogP contribution in [0.15, 0.2) is 0 Å². The zero-order valence-corrected chi connectivity index (χ0v) is 12.5. The first-order chi connectivity index (χ1) is 9.52. The molecule has 0 aliphatic rings. The molecule has 0 fully saturated rings. The van der Waals surface area contributed by atoms with Crippen molar-refractivity contribution in [1.29, 1.82) is 0 Å². The van der Waals surface area contributed by atoms with Gasteiger partial charge in [-0.3, -0.25) is 9.59 Å². The summed E-state index contributed by atoms with van der Waals surface area (Å²) in [7, 11) is -4.58. The number of nitrogens with zero attached hydrogens (tertiary/aromatic N) is 1. The number of ketones is 2. The van der Waals surface area contributed by atoms with Crippen molar-refractivity contribution in [2.45, 2.75) is 25.2 Å². The second kappa shape index (κ2) is 8.70. The van der Waals surface area contributed by atoms with E-state index in [4.69, 9.17) is 22.0 Å². The summed E-state index contributed by atoms with van der Waals surface area (Å²) in [4.78, 5) is 22.1. The smallest absolute Gasteiger partial charge is 0.352 e. The minimum Gasteiger partial charge on any atom is -0.394 e. The Labute approximate surface area is 125 Å². The van der Waals surface area contributed by atoms with Crippen molar-refractivity contribution in [3.63, 3.8) is 0 Å². The molecule has 0 saturated heterocycles. The molecule has 0 unspecified atom stereocenters. The molecule has 0 aromatic rings. The highest BCUT2D eigenvalue weighted by molar-refractivity contribution is 7.85. The van der Waals surface area contributed by atoms with Gasteiger partial charge in [0.2, 0.25) is 0 Å². The van der Waals surface area contributed by atoms with Gasteiger partial charge in [-0.1, -0.05) is 3.82 Å². The van der Waals surface area contributed by atoms with Crippen LogP contribution < -0.4 is 0 Å². The molecule has 0 amide bonds. The molecule has 21 heavy (non-hydrogen) atoms. The zero-order chi connectivity index (χ0) is 16.8. The van der Waals surface area contributed by atoms with Crippen LogP contribution in [0.2, 0.25) is 0 Å². The highest BCUT2D eigenvalue weighted by Gasteiger charge is 2.32. The molecule has 0 heterocycles. The number of aliphatic hydroxyl groups excluding tert-OH is 4. The highest BCUT2D eigenvalue weighted by atomic mass is 35.5. The van der Waals surface area contributed by atoms with E-state index in [0.717, 1.165) is 6.92 Å². The quantitative estimate of drug-likeness (QED) is 0.300. The van der Waals surface area contributed by atoms with Crippen LogP contribution >= 0.6 is 11.8 Å². The normalized spacial score (nSPS) is 16.5. The van der Waals surface area contributed by atoms with Crippen molar-refractivity contribution < 1.29 is 42.6 Å². The van der Waals surface area contributed by atoms with Gasteiger partial charge in [0.05, 0.1) is 13.2 Å². The molecule has 0 rings (SSSR count). The number of Topliss-reactive ketones (excluding diaryl/α,β-unsaturated/α-hetero) is 2. The Kier molecular flexibility index (Phi) is 8.43. The predicted molar refractivity (Wildman–Crippen MR) is 68.2 cm³/mol. The van der Waals surface area contributed by atoms with Gasteiger partial charge in [-0.15, -0.1) is 0 Å². The summed E-state index contributed by atoms with van der Waals surface area (Å²) in [5, 5.41) is 36.1. The van der Waals surface area contributed by atoms with Crippen LogP contribution in [0.25, 0.3) is 0 Å². The van der Waals surface area contributed by atoms with Crippen molar-refractivity contribution in [2.24, 2.45) is 0 Å². The largest absolute Gasteiger partial charge is 0.394 e. The first-order valence-corrected chi connectivity index (χ1v) is 7.23. The Balaban J connectivity index is 4.57. The van der Waals surface area contributed by atoms with Crippen molar-refractivity contribution in [1.82, 2.24) is 3.82 Å². The maximum absolute atomic E-state index is 11.4. The van der Waals surface area contributed by atoms with Crippen LogP contribution in [-0.4, -0.2) is 82.3 Å². The predicted octanol–water partition coefficient (Wildman–Crippen LogP) is -3.06. The second-order valence-electron chi connectivity index (χ2n) is 4.02.